The van der Waals surface area contributed by atoms with Crippen molar-refractivity contribution in [2.45, 2.75) is 41.0 Å². The predicted octanol–water partition coefficient (Wildman–Crippen LogP) is 9.57. The van der Waals surface area contributed by atoms with Gasteiger partial charge in [-0.25, -0.2) is 4.57 Å². The van der Waals surface area contributed by atoms with E-state index >= 15 is 0 Å². The van der Waals surface area contributed by atoms with Gasteiger partial charge in [-0.2, -0.15) is 0 Å². The average Bonchev–Trinajstić information content (AvgIpc) is 2.96. The van der Waals surface area contributed by atoms with Crippen LogP contribution in [-0.4, -0.2) is 4.98 Å². The number of rotatable bonds is 4. The number of pyridine rings is 2. The molecule has 0 radical (unpaired) electrons. The van der Waals surface area contributed by atoms with Gasteiger partial charge in [0.15, 0.2) is 6.20 Å². The van der Waals surface area contributed by atoms with Crippen molar-refractivity contribution in [3.63, 3.8) is 0 Å². The van der Waals surface area contributed by atoms with Crippen LogP contribution in [0, 0.1) is 13.8 Å². The lowest BCUT2D eigenvalue weighted by atomic mass is 9.98. The zero-order valence-electron chi connectivity index (χ0n) is 24.2. The fourth-order valence-corrected chi connectivity index (χ4v) is 4.35. The topological polar surface area (TPSA) is 16.8 Å². The van der Waals surface area contributed by atoms with Crippen LogP contribution in [-0.2, 0) is 7.05 Å². The smallest absolute Gasteiger partial charge is 0.212 e. The van der Waals surface area contributed by atoms with Gasteiger partial charge in [0.25, 0.3) is 0 Å². The highest BCUT2D eigenvalue weighted by Crippen LogP contribution is 2.26. The molecule has 0 amide bonds. The quantitative estimate of drug-likeness (QED) is 0.173. The third-order valence-electron chi connectivity index (χ3n) is 6.33. The number of allylic oxidation sites excluding steroid dienone is 2. The Morgan fingerprint density at radius 3 is 1.82 bits per heavy atom. The Labute approximate surface area is 235 Å². The fourth-order valence-electron chi connectivity index (χ4n) is 4.35. The Morgan fingerprint density at radius 2 is 1.28 bits per heavy atom. The molecule has 0 saturated heterocycles. The highest BCUT2D eigenvalue weighted by atomic mass is 14.9. The third-order valence-corrected chi connectivity index (χ3v) is 6.33. The molecule has 0 unspecified atom stereocenters. The first-order chi connectivity index (χ1) is 18.9. The summed E-state index contributed by atoms with van der Waals surface area (Å²) in [5.74, 6) is 0. The van der Waals surface area contributed by atoms with Gasteiger partial charge in [0, 0.05) is 29.0 Å². The molecule has 2 nitrogen and oxygen atoms in total. The molecule has 39 heavy (non-hydrogen) atoms. The minimum Gasteiger partial charge on any atom is -0.256 e. The van der Waals surface area contributed by atoms with Crippen LogP contribution in [0.2, 0.25) is 0 Å². The molecule has 0 bridgehead atoms. The lowest BCUT2D eigenvalue weighted by Gasteiger charge is -2.09. The highest BCUT2D eigenvalue weighted by molar-refractivity contribution is 5.69. The predicted molar refractivity (Wildman–Crippen MR) is 167 cm³/mol. The molecule has 0 N–H and O–H groups in total. The van der Waals surface area contributed by atoms with Crippen LogP contribution in [0.25, 0.3) is 33.6 Å². The van der Waals surface area contributed by atoms with Crippen molar-refractivity contribution in [3.8, 4) is 33.6 Å². The summed E-state index contributed by atoms with van der Waals surface area (Å²) in [4.78, 5) is 4.25. The number of hydrogen-bond acceptors (Lipinski definition) is 1. The second-order valence-electron chi connectivity index (χ2n) is 9.82. The zero-order chi connectivity index (χ0) is 28.0. The summed E-state index contributed by atoms with van der Waals surface area (Å²) in [6.45, 7) is 10.7. The molecule has 2 heteroatoms. The van der Waals surface area contributed by atoms with Crippen LogP contribution in [0.5, 0.6) is 0 Å². The van der Waals surface area contributed by atoms with Crippen LogP contribution in [0.4, 0.5) is 0 Å². The Balaban J connectivity index is 0.000000196. The van der Waals surface area contributed by atoms with Gasteiger partial charge in [0.05, 0.1) is 5.69 Å². The average molecular weight is 514 g/mol. The van der Waals surface area contributed by atoms with E-state index in [1.165, 1.54) is 45.5 Å². The Hall–Kier alpha value is -4.30. The van der Waals surface area contributed by atoms with Gasteiger partial charge >= 0.3 is 0 Å². The van der Waals surface area contributed by atoms with E-state index in [0.717, 1.165) is 11.3 Å². The van der Waals surface area contributed by atoms with Crippen molar-refractivity contribution in [1.29, 1.82) is 0 Å². The molecule has 0 aliphatic heterocycles. The van der Waals surface area contributed by atoms with Crippen molar-refractivity contribution in [3.05, 3.63) is 144 Å². The van der Waals surface area contributed by atoms with Gasteiger partial charge in [-0.3, -0.25) is 4.98 Å². The summed E-state index contributed by atoms with van der Waals surface area (Å²) < 4.78 is 2.22. The Kier molecular flexibility index (Phi) is 11.4. The van der Waals surface area contributed by atoms with E-state index in [4.69, 9.17) is 0 Å². The van der Waals surface area contributed by atoms with Crippen LogP contribution in [0.1, 0.15) is 38.3 Å². The summed E-state index contributed by atoms with van der Waals surface area (Å²) in [5, 5.41) is 0. The molecule has 2 heterocycles. The van der Waals surface area contributed by atoms with Crippen LogP contribution in [0.3, 0.4) is 0 Å². The zero-order valence-corrected chi connectivity index (χ0v) is 24.2. The van der Waals surface area contributed by atoms with E-state index in [1.54, 1.807) is 0 Å². The van der Waals surface area contributed by atoms with E-state index < -0.39 is 0 Å². The molecule has 3 aromatic carbocycles. The second-order valence-corrected chi connectivity index (χ2v) is 9.82. The normalized spacial score (nSPS) is 9.90. The van der Waals surface area contributed by atoms with Crippen molar-refractivity contribution < 1.29 is 4.57 Å². The molecule has 0 fully saturated rings. The molecule has 0 aliphatic carbocycles. The van der Waals surface area contributed by atoms with Crippen molar-refractivity contribution in [2.75, 3.05) is 0 Å². The Bertz CT molecular complexity index is 1410. The number of nitrogens with zero attached hydrogens (tertiary/aromatic N) is 2. The van der Waals surface area contributed by atoms with E-state index in [1.807, 2.05) is 42.6 Å². The van der Waals surface area contributed by atoms with E-state index in [0.29, 0.717) is 0 Å². The lowest BCUT2D eigenvalue weighted by Crippen LogP contribution is -2.31. The van der Waals surface area contributed by atoms with Gasteiger partial charge < -0.3 is 0 Å². The van der Waals surface area contributed by atoms with Gasteiger partial charge in [-0.15, -0.1) is 0 Å². The summed E-state index contributed by atoms with van der Waals surface area (Å²) in [7, 11) is 2.12. The molecular formula is C37H41N2+. The summed E-state index contributed by atoms with van der Waals surface area (Å²) in [6, 6.07) is 37.5. The van der Waals surface area contributed by atoms with Gasteiger partial charge in [-0.05, 0) is 69.0 Å². The summed E-state index contributed by atoms with van der Waals surface area (Å²) in [5.41, 5.74) is 11.3. The van der Waals surface area contributed by atoms with Gasteiger partial charge in [0.1, 0.15) is 7.05 Å². The highest BCUT2D eigenvalue weighted by Gasteiger charge is 2.16. The van der Waals surface area contributed by atoms with Crippen molar-refractivity contribution >= 4 is 0 Å². The van der Waals surface area contributed by atoms with Gasteiger partial charge in [0.2, 0.25) is 5.69 Å². The third kappa shape index (κ3) is 8.90. The number of aryl methyl sites for hydroxylation is 3. The minimum atomic E-state index is 1.03. The summed E-state index contributed by atoms with van der Waals surface area (Å²) in [6.07, 6.45) is 7.41. The molecule has 5 rings (SSSR count). The molecule has 2 aromatic heterocycles. The molecule has 5 aromatic rings. The molecular weight excluding hydrogens is 472 g/mol. The van der Waals surface area contributed by atoms with E-state index in [-0.39, 0.29) is 0 Å². The number of benzene rings is 3. The SMILES string of the molecule is CCC=C(C)C.Cc1cc(-c2ccccc2C)[n+](C)cc1-c1ccccc1.c1ccc(-c2ccccn2)cc1. The standard InChI is InChI=1S/C20H20N.C11H9N.C6H12/c1-15-9-7-8-12-18(15)20-13-16(2)19(14-21(20)3)17-10-5-4-6-11-17;1-2-6-10(7-3-1)11-8-4-5-9-12-11;1-4-5-6(2)3/h4-14H,1-3H3;1-9H;5H,4H2,1-3H3/q+1;;. The summed E-state index contributed by atoms with van der Waals surface area (Å²) >= 11 is 0. The molecule has 198 valence electrons. The minimum absolute atomic E-state index is 1.03. The fraction of sp³-hybridized carbons (Fsp3) is 0.189. The molecule has 0 atom stereocenters. The number of hydrogen-bond donors (Lipinski definition) is 0. The maximum atomic E-state index is 4.25. The maximum Gasteiger partial charge on any atom is 0.212 e. The second kappa shape index (κ2) is 15.2. The first-order valence-electron chi connectivity index (χ1n) is 13.6. The molecule has 0 saturated carbocycles. The largest absolute Gasteiger partial charge is 0.256 e. The van der Waals surface area contributed by atoms with Crippen LogP contribution >= 0.6 is 0 Å². The first-order valence-corrected chi connectivity index (χ1v) is 13.6. The van der Waals surface area contributed by atoms with Crippen LogP contribution in [0.15, 0.2) is 133 Å². The Morgan fingerprint density at radius 1 is 0.692 bits per heavy atom. The molecule has 0 spiro atoms. The van der Waals surface area contributed by atoms with Crippen molar-refractivity contribution in [1.82, 2.24) is 4.98 Å². The van der Waals surface area contributed by atoms with Gasteiger partial charge in [-0.1, -0.05) is 104 Å². The van der Waals surface area contributed by atoms with Crippen LogP contribution < -0.4 is 4.57 Å². The van der Waals surface area contributed by atoms with Crippen molar-refractivity contribution in [2.24, 2.45) is 7.05 Å². The van der Waals surface area contributed by atoms with E-state index in [9.17, 15) is 0 Å². The molecule has 0 aliphatic rings. The first kappa shape index (κ1) is 29.3. The monoisotopic (exact) mass is 513 g/mol. The maximum absolute atomic E-state index is 4.25. The number of aromatic nitrogens is 2. The van der Waals surface area contributed by atoms with E-state index in [2.05, 4.69) is 136 Å². The lowest BCUT2D eigenvalue weighted by molar-refractivity contribution is -0.660.